The van der Waals surface area contributed by atoms with E-state index in [4.69, 9.17) is 0 Å². The third-order valence-corrected chi connectivity index (χ3v) is 5.52. The van der Waals surface area contributed by atoms with Crippen LogP contribution in [0, 0.1) is 19.7 Å². The maximum Gasteiger partial charge on any atom is 0.246 e. The van der Waals surface area contributed by atoms with Gasteiger partial charge < -0.3 is 5.32 Å². The summed E-state index contributed by atoms with van der Waals surface area (Å²) in [6.07, 6.45) is 0. The van der Waals surface area contributed by atoms with Crippen molar-refractivity contribution in [3.8, 4) is 0 Å². The second kappa shape index (κ2) is 6.70. The van der Waals surface area contributed by atoms with Gasteiger partial charge in [0.15, 0.2) is 0 Å². The Morgan fingerprint density at radius 3 is 2.58 bits per heavy atom. The van der Waals surface area contributed by atoms with Gasteiger partial charge in [0.05, 0.1) is 11.4 Å². The summed E-state index contributed by atoms with van der Waals surface area (Å²) in [5, 5.41) is 6.68. The molecule has 0 aliphatic carbocycles. The number of rotatable bonds is 5. The third kappa shape index (κ3) is 3.62. The fourth-order valence-corrected chi connectivity index (χ4v) is 3.55. The number of hydrogen-bond donors (Lipinski definition) is 1. The van der Waals surface area contributed by atoms with Crippen molar-refractivity contribution in [3.05, 3.63) is 41.5 Å². The first-order valence-corrected chi connectivity index (χ1v) is 8.59. The molecule has 1 amide bonds. The number of nitrogens with zero attached hydrogens (tertiary/aromatic N) is 3. The summed E-state index contributed by atoms with van der Waals surface area (Å²) >= 11 is 0. The minimum absolute atomic E-state index is 0.0889. The fourth-order valence-electron chi connectivity index (χ4n) is 2.29. The second-order valence-electron chi connectivity index (χ2n) is 5.50. The number of anilines is 1. The molecule has 7 nitrogen and oxygen atoms in total. The molecule has 2 rings (SSSR count). The van der Waals surface area contributed by atoms with Crippen molar-refractivity contribution >= 4 is 21.6 Å². The Labute approximate surface area is 140 Å². The quantitative estimate of drug-likeness (QED) is 0.882. The molecule has 9 heteroatoms. The van der Waals surface area contributed by atoms with Crippen LogP contribution in [0.15, 0.2) is 29.2 Å². The smallest absolute Gasteiger partial charge is 0.246 e. The van der Waals surface area contributed by atoms with E-state index in [1.165, 1.54) is 37.0 Å². The molecule has 1 aromatic carbocycles. The number of halogens is 1. The molecule has 1 N–H and O–H groups in total. The monoisotopic (exact) mass is 354 g/mol. The molecular weight excluding hydrogens is 335 g/mol. The summed E-state index contributed by atoms with van der Waals surface area (Å²) in [6, 6.07) is 5.51. The number of aryl methyl sites for hydroxylation is 1. The first-order valence-electron chi connectivity index (χ1n) is 7.15. The zero-order chi connectivity index (χ0) is 18.1. The lowest BCUT2D eigenvalue weighted by molar-refractivity contribution is -0.116. The van der Waals surface area contributed by atoms with Crippen LogP contribution in [0.5, 0.6) is 0 Å². The summed E-state index contributed by atoms with van der Waals surface area (Å²) in [5.74, 6) is -0.890. The number of nitrogens with one attached hydrogen (secondary N) is 1. The molecule has 24 heavy (non-hydrogen) atoms. The van der Waals surface area contributed by atoms with E-state index in [2.05, 4.69) is 10.4 Å². The van der Waals surface area contributed by atoms with E-state index in [-0.39, 0.29) is 11.4 Å². The van der Waals surface area contributed by atoms with Gasteiger partial charge in [0, 0.05) is 19.8 Å². The molecule has 0 aliphatic rings. The molecule has 0 radical (unpaired) electrons. The highest BCUT2D eigenvalue weighted by molar-refractivity contribution is 7.89. The minimum Gasteiger partial charge on any atom is -0.324 e. The van der Waals surface area contributed by atoms with Crippen LogP contribution in [0.1, 0.15) is 11.4 Å². The minimum atomic E-state index is -3.65. The van der Waals surface area contributed by atoms with Crippen molar-refractivity contribution in [2.24, 2.45) is 0 Å². The van der Waals surface area contributed by atoms with Gasteiger partial charge >= 0.3 is 0 Å². The molecule has 130 valence electrons. The molecule has 0 fully saturated rings. The van der Waals surface area contributed by atoms with Gasteiger partial charge in [-0.25, -0.2) is 17.1 Å². The molecule has 0 unspecified atom stereocenters. The average molecular weight is 354 g/mol. The van der Waals surface area contributed by atoms with Crippen LogP contribution in [0.2, 0.25) is 0 Å². The molecule has 0 bridgehead atoms. The highest BCUT2D eigenvalue weighted by Gasteiger charge is 2.27. The van der Waals surface area contributed by atoms with Crippen LogP contribution in [0.25, 0.3) is 0 Å². The lowest BCUT2D eigenvalue weighted by Gasteiger charge is -2.12. The zero-order valence-electron chi connectivity index (χ0n) is 13.9. The maximum atomic E-state index is 13.1. The van der Waals surface area contributed by atoms with Gasteiger partial charge in [0.2, 0.25) is 15.9 Å². The zero-order valence-corrected chi connectivity index (χ0v) is 14.7. The van der Waals surface area contributed by atoms with E-state index in [1.54, 1.807) is 19.9 Å². The van der Waals surface area contributed by atoms with E-state index in [1.807, 2.05) is 0 Å². The van der Waals surface area contributed by atoms with E-state index in [9.17, 15) is 17.6 Å². The fraction of sp³-hybridized carbons (Fsp3) is 0.333. The summed E-state index contributed by atoms with van der Waals surface area (Å²) in [4.78, 5) is 12.2. The molecule has 1 heterocycles. The van der Waals surface area contributed by atoms with Crippen LogP contribution in [-0.4, -0.2) is 42.5 Å². The summed E-state index contributed by atoms with van der Waals surface area (Å²) in [5.41, 5.74) is 1.01. The van der Waals surface area contributed by atoms with Gasteiger partial charge in [0.25, 0.3) is 0 Å². The van der Waals surface area contributed by atoms with Gasteiger partial charge in [-0.2, -0.15) is 5.10 Å². The molecule has 1 aromatic heterocycles. The number of carbonyl (C=O) groups excluding carboxylic acids is 1. The Morgan fingerprint density at radius 1 is 1.33 bits per heavy atom. The number of aromatic nitrogens is 2. The third-order valence-electron chi connectivity index (χ3n) is 3.46. The van der Waals surface area contributed by atoms with Crippen LogP contribution in [0.3, 0.4) is 0 Å². The van der Waals surface area contributed by atoms with Gasteiger partial charge in [-0.15, -0.1) is 0 Å². The van der Waals surface area contributed by atoms with Crippen molar-refractivity contribution < 1.29 is 17.6 Å². The molecule has 0 saturated carbocycles. The highest BCUT2D eigenvalue weighted by Crippen LogP contribution is 2.22. The second-order valence-corrected chi connectivity index (χ2v) is 7.59. The lowest BCUT2D eigenvalue weighted by Crippen LogP contribution is -2.24. The Morgan fingerprint density at radius 2 is 2.00 bits per heavy atom. The van der Waals surface area contributed by atoms with Crippen LogP contribution >= 0.6 is 0 Å². The van der Waals surface area contributed by atoms with Crippen LogP contribution < -0.4 is 5.32 Å². The Kier molecular flexibility index (Phi) is 5.05. The van der Waals surface area contributed by atoms with E-state index >= 15 is 0 Å². The summed E-state index contributed by atoms with van der Waals surface area (Å²) < 4.78 is 40.2. The van der Waals surface area contributed by atoms with Crippen molar-refractivity contribution in [3.63, 3.8) is 0 Å². The van der Waals surface area contributed by atoms with Crippen molar-refractivity contribution in [2.45, 2.75) is 25.3 Å². The normalized spacial score (nSPS) is 11.8. The molecule has 2 aromatic rings. The maximum absolute atomic E-state index is 13.1. The topological polar surface area (TPSA) is 84.3 Å². The van der Waals surface area contributed by atoms with Gasteiger partial charge in [-0.05, 0) is 32.0 Å². The number of sulfonamides is 1. The SMILES string of the molecule is Cc1nn(CC(=O)Nc2cccc(F)c2)c(C)c1S(=O)(=O)N(C)C. The standard InChI is InChI=1S/C15H19FN4O3S/c1-10-15(24(22,23)19(3)4)11(2)20(18-10)9-14(21)17-13-7-5-6-12(16)8-13/h5-8H,9H2,1-4H3,(H,17,21). The number of amides is 1. The lowest BCUT2D eigenvalue weighted by atomic mass is 10.3. The van der Waals surface area contributed by atoms with E-state index in [0.29, 0.717) is 17.1 Å². The van der Waals surface area contributed by atoms with Crippen molar-refractivity contribution in [1.29, 1.82) is 0 Å². The van der Waals surface area contributed by atoms with E-state index < -0.39 is 21.7 Å². The average Bonchev–Trinajstić information content (AvgIpc) is 2.73. The largest absolute Gasteiger partial charge is 0.324 e. The highest BCUT2D eigenvalue weighted by atomic mass is 32.2. The number of benzene rings is 1. The van der Waals surface area contributed by atoms with E-state index in [0.717, 1.165) is 4.31 Å². The van der Waals surface area contributed by atoms with Gasteiger partial charge in [-0.1, -0.05) is 6.07 Å². The molecular formula is C15H19FN4O3S. The molecule has 0 saturated heterocycles. The summed E-state index contributed by atoms with van der Waals surface area (Å²) in [6.45, 7) is 2.99. The van der Waals surface area contributed by atoms with Crippen molar-refractivity contribution in [2.75, 3.05) is 19.4 Å². The Bertz CT molecular complexity index is 875. The molecule has 0 aliphatic heterocycles. The van der Waals surface area contributed by atoms with Crippen LogP contribution in [0.4, 0.5) is 10.1 Å². The molecule has 0 spiro atoms. The predicted molar refractivity (Wildman–Crippen MR) is 87.6 cm³/mol. The first kappa shape index (κ1) is 18.1. The number of carbonyl (C=O) groups is 1. The summed E-state index contributed by atoms with van der Waals surface area (Å²) in [7, 11) is -0.783. The van der Waals surface area contributed by atoms with Crippen molar-refractivity contribution in [1.82, 2.24) is 14.1 Å². The van der Waals surface area contributed by atoms with Crippen LogP contribution in [-0.2, 0) is 21.4 Å². The Balaban J connectivity index is 2.24. The van der Waals surface area contributed by atoms with Gasteiger partial charge in [-0.3, -0.25) is 9.48 Å². The predicted octanol–water partition coefficient (Wildman–Crippen LogP) is 1.53. The Hall–Kier alpha value is -2.26. The molecule has 0 atom stereocenters. The number of hydrogen-bond acceptors (Lipinski definition) is 4. The van der Waals surface area contributed by atoms with Gasteiger partial charge in [0.1, 0.15) is 17.3 Å². The first-order chi connectivity index (χ1) is 11.1.